The second-order valence-electron chi connectivity index (χ2n) is 6.20. The van der Waals surface area contributed by atoms with Gasteiger partial charge in [-0.25, -0.2) is 0 Å². The Bertz CT molecular complexity index is 176. The van der Waals surface area contributed by atoms with Gasteiger partial charge in [0.2, 0.25) is 0 Å². The zero-order valence-corrected chi connectivity index (χ0v) is 10.9. The first kappa shape index (κ1) is 13.1. The highest BCUT2D eigenvalue weighted by Gasteiger charge is 2.25. The van der Waals surface area contributed by atoms with Crippen molar-refractivity contribution in [2.45, 2.75) is 77.5 Å². The second-order valence-corrected chi connectivity index (χ2v) is 6.20. The Balaban J connectivity index is 2.48. The van der Waals surface area contributed by atoms with Crippen LogP contribution in [0.15, 0.2) is 0 Å². The molecular formula is C14H27B. The van der Waals surface area contributed by atoms with E-state index >= 15 is 0 Å². The summed E-state index contributed by atoms with van der Waals surface area (Å²) in [5, 5.41) is 0.151. The predicted octanol–water partition coefficient (Wildman–Crippen LogP) is 4.74. The van der Waals surface area contributed by atoms with Gasteiger partial charge in [-0.05, 0) is 11.8 Å². The Hall–Kier alpha value is 0.0649. The normalized spacial score (nSPS) is 34.5. The molecule has 2 atom stereocenters. The van der Waals surface area contributed by atoms with Crippen LogP contribution in [-0.4, -0.2) is 7.85 Å². The highest BCUT2D eigenvalue weighted by molar-refractivity contribution is 6.15. The van der Waals surface area contributed by atoms with Crippen molar-refractivity contribution in [3.8, 4) is 0 Å². The van der Waals surface area contributed by atoms with Gasteiger partial charge in [-0.2, -0.15) is 0 Å². The second kappa shape index (κ2) is 5.96. The summed E-state index contributed by atoms with van der Waals surface area (Å²) in [6, 6.07) is 0. The van der Waals surface area contributed by atoms with E-state index in [2.05, 4.69) is 20.8 Å². The first-order valence-corrected chi connectivity index (χ1v) is 6.81. The summed E-state index contributed by atoms with van der Waals surface area (Å²) in [5.74, 6) is 1.67. The fourth-order valence-electron chi connectivity index (χ4n) is 3.06. The average Bonchev–Trinajstić information content (AvgIpc) is 2.17. The van der Waals surface area contributed by atoms with Crippen LogP contribution in [0.25, 0.3) is 0 Å². The van der Waals surface area contributed by atoms with Crippen LogP contribution in [0.1, 0.15) is 72.1 Å². The molecule has 0 heterocycles. The molecule has 0 aromatic heterocycles. The van der Waals surface area contributed by atoms with Crippen LogP contribution in [0, 0.1) is 11.8 Å². The molecule has 0 nitrogen and oxygen atoms in total. The van der Waals surface area contributed by atoms with Gasteiger partial charge in [0.25, 0.3) is 0 Å². The van der Waals surface area contributed by atoms with E-state index in [0.29, 0.717) is 0 Å². The minimum atomic E-state index is 0.151. The Morgan fingerprint density at radius 1 is 1.13 bits per heavy atom. The number of rotatable bonds is 2. The molecule has 2 radical (unpaired) electrons. The predicted molar refractivity (Wildman–Crippen MR) is 69.4 cm³/mol. The Morgan fingerprint density at radius 3 is 2.40 bits per heavy atom. The minimum absolute atomic E-state index is 0.151. The molecule has 2 unspecified atom stereocenters. The third kappa shape index (κ3) is 5.09. The summed E-state index contributed by atoms with van der Waals surface area (Å²) in [4.78, 5) is 0. The van der Waals surface area contributed by atoms with Crippen LogP contribution in [0.4, 0.5) is 0 Å². The number of hydrogen-bond donors (Lipinski definition) is 0. The molecule has 0 aromatic rings. The van der Waals surface area contributed by atoms with E-state index in [1.807, 2.05) is 0 Å². The van der Waals surface area contributed by atoms with Crippen molar-refractivity contribution < 1.29 is 0 Å². The van der Waals surface area contributed by atoms with E-state index in [0.717, 1.165) is 11.8 Å². The lowest BCUT2D eigenvalue weighted by molar-refractivity contribution is 0.369. The Labute approximate surface area is 97.6 Å². The zero-order valence-electron chi connectivity index (χ0n) is 10.9. The maximum atomic E-state index is 6.54. The third-order valence-electron chi connectivity index (χ3n) is 3.81. The molecule has 1 aliphatic rings. The van der Waals surface area contributed by atoms with E-state index in [9.17, 15) is 0 Å². The van der Waals surface area contributed by atoms with E-state index in [-0.39, 0.29) is 5.31 Å². The average molecular weight is 206 g/mol. The van der Waals surface area contributed by atoms with Gasteiger partial charge in [-0.15, -0.1) is 0 Å². The van der Waals surface area contributed by atoms with Gasteiger partial charge in [0, 0.05) is 0 Å². The molecule has 0 aromatic carbocycles. The monoisotopic (exact) mass is 206 g/mol. The summed E-state index contributed by atoms with van der Waals surface area (Å²) in [7, 11) is 6.54. The molecule has 15 heavy (non-hydrogen) atoms. The van der Waals surface area contributed by atoms with Crippen LogP contribution in [-0.2, 0) is 0 Å². The summed E-state index contributed by atoms with van der Waals surface area (Å²) in [6.45, 7) is 6.99. The van der Waals surface area contributed by atoms with Gasteiger partial charge in [0.15, 0.2) is 0 Å². The molecule has 0 N–H and O–H groups in total. The quantitative estimate of drug-likeness (QED) is 0.572. The molecule has 86 valence electrons. The van der Waals surface area contributed by atoms with Crippen LogP contribution in [0.2, 0.25) is 5.31 Å². The fourth-order valence-corrected chi connectivity index (χ4v) is 3.06. The largest absolute Gasteiger partial charge is 0.0746 e. The SMILES string of the molecule is [B]C1(CC(C)C)CCCCC(C)CCC1. The zero-order chi connectivity index (χ0) is 11.3. The molecule has 0 bridgehead atoms. The molecule has 1 rings (SSSR count). The van der Waals surface area contributed by atoms with Crippen LogP contribution in [0.5, 0.6) is 0 Å². The highest BCUT2D eigenvalue weighted by atomic mass is 14.3. The van der Waals surface area contributed by atoms with E-state index in [1.165, 1.54) is 51.4 Å². The summed E-state index contributed by atoms with van der Waals surface area (Å²) >= 11 is 0. The van der Waals surface area contributed by atoms with Crippen molar-refractivity contribution in [1.29, 1.82) is 0 Å². The van der Waals surface area contributed by atoms with Gasteiger partial charge < -0.3 is 0 Å². The minimum Gasteiger partial charge on any atom is -0.0658 e. The lowest BCUT2D eigenvalue weighted by Gasteiger charge is -2.32. The van der Waals surface area contributed by atoms with Crippen LogP contribution >= 0.6 is 0 Å². The van der Waals surface area contributed by atoms with Gasteiger partial charge in [0.1, 0.15) is 0 Å². The van der Waals surface area contributed by atoms with Crippen LogP contribution < -0.4 is 0 Å². The standard InChI is InChI=1S/C14H27B/c1-12(2)11-14(15)9-5-4-7-13(3)8-6-10-14/h12-13H,4-11H2,1-3H3. The Kier molecular flexibility index (Phi) is 5.22. The van der Waals surface area contributed by atoms with Gasteiger partial charge in [-0.1, -0.05) is 77.5 Å². The first-order chi connectivity index (χ1) is 7.02. The summed E-state index contributed by atoms with van der Waals surface area (Å²) < 4.78 is 0. The molecule has 0 spiro atoms. The molecule has 0 amide bonds. The smallest absolute Gasteiger partial charge is 0.0658 e. The number of hydrogen-bond acceptors (Lipinski definition) is 0. The molecule has 0 aliphatic heterocycles. The topological polar surface area (TPSA) is 0 Å². The summed E-state index contributed by atoms with van der Waals surface area (Å²) in [6.07, 6.45) is 10.6. The van der Waals surface area contributed by atoms with E-state index < -0.39 is 0 Å². The van der Waals surface area contributed by atoms with E-state index in [4.69, 9.17) is 7.85 Å². The lowest BCUT2D eigenvalue weighted by Crippen LogP contribution is -2.15. The van der Waals surface area contributed by atoms with Gasteiger partial charge >= 0.3 is 0 Å². The molecule has 0 saturated heterocycles. The molecular weight excluding hydrogens is 179 g/mol. The fraction of sp³-hybridized carbons (Fsp3) is 1.00. The van der Waals surface area contributed by atoms with Crippen LogP contribution in [0.3, 0.4) is 0 Å². The maximum absolute atomic E-state index is 6.54. The van der Waals surface area contributed by atoms with Gasteiger partial charge in [-0.3, -0.25) is 0 Å². The summed E-state index contributed by atoms with van der Waals surface area (Å²) in [5.41, 5.74) is 0. The molecule has 1 fully saturated rings. The molecule has 1 aliphatic carbocycles. The van der Waals surface area contributed by atoms with Crippen molar-refractivity contribution in [3.63, 3.8) is 0 Å². The van der Waals surface area contributed by atoms with Crippen molar-refractivity contribution in [2.24, 2.45) is 11.8 Å². The molecule has 1 saturated carbocycles. The van der Waals surface area contributed by atoms with Crippen molar-refractivity contribution in [1.82, 2.24) is 0 Å². The lowest BCUT2D eigenvalue weighted by atomic mass is 9.59. The van der Waals surface area contributed by atoms with Crippen molar-refractivity contribution in [3.05, 3.63) is 0 Å². The Morgan fingerprint density at radius 2 is 1.73 bits per heavy atom. The van der Waals surface area contributed by atoms with E-state index in [1.54, 1.807) is 0 Å². The van der Waals surface area contributed by atoms with Crippen molar-refractivity contribution >= 4 is 7.85 Å². The highest BCUT2D eigenvalue weighted by Crippen LogP contribution is 2.43. The van der Waals surface area contributed by atoms with Crippen molar-refractivity contribution in [2.75, 3.05) is 0 Å². The first-order valence-electron chi connectivity index (χ1n) is 6.81. The third-order valence-corrected chi connectivity index (χ3v) is 3.81. The van der Waals surface area contributed by atoms with Gasteiger partial charge in [0.05, 0.1) is 7.85 Å². The molecule has 1 heteroatoms. The maximum Gasteiger partial charge on any atom is 0.0746 e.